The van der Waals surface area contributed by atoms with E-state index >= 15 is 0 Å². The molecule has 0 spiro atoms. The average Bonchev–Trinajstić information content (AvgIpc) is 2.98. The molecular weight excluding hydrogens is 276 g/mol. The van der Waals surface area contributed by atoms with E-state index in [2.05, 4.69) is 10.3 Å². The molecule has 5 nitrogen and oxygen atoms in total. The van der Waals surface area contributed by atoms with Crippen LogP contribution in [-0.2, 0) is 0 Å². The van der Waals surface area contributed by atoms with Crippen LogP contribution in [0.3, 0.4) is 0 Å². The standard InChI is InChI=1S/C17H14N4O/c18-8-3-9-19-12-6-7-13-16-15(12)17(22)11-4-1-2-5-14(11)21(16)10-20-13/h1-8,10,19H,9,18H2. The van der Waals surface area contributed by atoms with E-state index in [0.29, 0.717) is 17.3 Å². The number of fused-ring (bicyclic) bond motifs is 2. The van der Waals surface area contributed by atoms with Crippen molar-refractivity contribution >= 4 is 33.0 Å². The van der Waals surface area contributed by atoms with E-state index in [9.17, 15) is 4.79 Å². The average molecular weight is 290 g/mol. The Labute approximate surface area is 126 Å². The van der Waals surface area contributed by atoms with Gasteiger partial charge in [-0.25, -0.2) is 4.98 Å². The van der Waals surface area contributed by atoms with Crippen molar-refractivity contribution in [1.29, 1.82) is 0 Å². The third kappa shape index (κ3) is 1.65. The van der Waals surface area contributed by atoms with Crippen molar-refractivity contribution in [3.8, 4) is 0 Å². The maximum atomic E-state index is 12.9. The lowest BCUT2D eigenvalue weighted by Crippen LogP contribution is -2.10. The van der Waals surface area contributed by atoms with Crippen LogP contribution in [0.25, 0.3) is 27.3 Å². The molecule has 3 N–H and O–H groups in total. The molecule has 0 amide bonds. The van der Waals surface area contributed by atoms with Crippen molar-refractivity contribution in [3.05, 3.63) is 65.2 Å². The molecule has 0 radical (unpaired) electrons. The zero-order chi connectivity index (χ0) is 15.1. The van der Waals surface area contributed by atoms with Crippen molar-refractivity contribution in [3.63, 3.8) is 0 Å². The van der Waals surface area contributed by atoms with Crippen molar-refractivity contribution in [2.24, 2.45) is 5.73 Å². The van der Waals surface area contributed by atoms with Gasteiger partial charge in [0.25, 0.3) is 0 Å². The molecule has 0 fully saturated rings. The summed E-state index contributed by atoms with van der Waals surface area (Å²) in [5, 5.41) is 4.60. The highest BCUT2D eigenvalue weighted by atomic mass is 16.1. The van der Waals surface area contributed by atoms with Gasteiger partial charge in [-0.3, -0.25) is 9.20 Å². The van der Waals surface area contributed by atoms with Crippen molar-refractivity contribution in [1.82, 2.24) is 9.38 Å². The first-order valence-electron chi connectivity index (χ1n) is 7.06. The molecular formula is C17H14N4O. The minimum absolute atomic E-state index is 0.0217. The Morgan fingerprint density at radius 1 is 1.23 bits per heavy atom. The van der Waals surface area contributed by atoms with Crippen LogP contribution in [0.5, 0.6) is 0 Å². The highest BCUT2D eigenvalue weighted by molar-refractivity contribution is 6.06. The Bertz CT molecular complexity index is 1060. The topological polar surface area (TPSA) is 72.4 Å². The van der Waals surface area contributed by atoms with Gasteiger partial charge >= 0.3 is 0 Å². The summed E-state index contributed by atoms with van der Waals surface area (Å²) in [6.07, 6.45) is 5.05. The smallest absolute Gasteiger partial charge is 0.199 e. The lowest BCUT2D eigenvalue weighted by atomic mass is 10.1. The summed E-state index contributed by atoms with van der Waals surface area (Å²) in [5.74, 6) is 0. The summed E-state index contributed by atoms with van der Waals surface area (Å²) in [5.41, 5.74) is 8.73. The largest absolute Gasteiger partial charge is 0.405 e. The van der Waals surface area contributed by atoms with E-state index < -0.39 is 0 Å². The van der Waals surface area contributed by atoms with Crippen LogP contribution in [-0.4, -0.2) is 15.9 Å². The van der Waals surface area contributed by atoms with Crippen molar-refractivity contribution < 1.29 is 0 Å². The Hall–Kier alpha value is -3.08. The number of benzene rings is 2. The number of hydrogen-bond acceptors (Lipinski definition) is 4. The van der Waals surface area contributed by atoms with E-state index in [1.165, 1.54) is 6.20 Å². The van der Waals surface area contributed by atoms with Crippen LogP contribution in [0.2, 0.25) is 0 Å². The third-order valence-corrected chi connectivity index (χ3v) is 3.89. The second kappa shape index (κ2) is 4.73. The van der Waals surface area contributed by atoms with E-state index in [1.807, 2.05) is 40.8 Å². The lowest BCUT2D eigenvalue weighted by Gasteiger charge is -2.10. The van der Waals surface area contributed by atoms with Gasteiger partial charge in [-0.1, -0.05) is 12.1 Å². The maximum absolute atomic E-state index is 12.9. The fourth-order valence-corrected chi connectivity index (χ4v) is 2.91. The third-order valence-electron chi connectivity index (χ3n) is 3.89. The molecule has 22 heavy (non-hydrogen) atoms. The van der Waals surface area contributed by atoms with Crippen LogP contribution in [0, 0.1) is 0 Å². The monoisotopic (exact) mass is 290 g/mol. The van der Waals surface area contributed by atoms with Gasteiger partial charge in [0, 0.05) is 17.6 Å². The summed E-state index contributed by atoms with van der Waals surface area (Å²) in [6.45, 7) is 0.568. The zero-order valence-corrected chi connectivity index (χ0v) is 11.8. The first kappa shape index (κ1) is 12.6. The number of anilines is 1. The van der Waals surface area contributed by atoms with Gasteiger partial charge in [0.15, 0.2) is 5.43 Å². The molecule has 108 valence electrons. The number of hydrogen-bond donors (Lipinski definition) is 2. The highest BCUT2D eigenvalue weighted by Crippen LogP contribution is 2.28. The van der Waals surface area contributed by atoms with Crippen molar-refractivity contribution in [2.75, 3.05) is 11.9 Å². The molecule has 0 saturated carbocycles. The molecule has 0 saturated heterocycles. The number of rotatable bonds is 3. The molecule has 0 atom stereocenters. The highest BCUT2D eigenvalue weighted by Gasteiger charge is 2.15. The number of nitrogens with zero attached hydrogens (tertiary/aromatic N) is 2. The SMILES string of the molecule is NC=CCNc1ccc2ncn3c4ccccc4c(=O)c1c23. The molecule has 2 aromatic carbocycles. The Morgan fingerprint density at radius 3 is 2.95 bits per heavy atom. The molecule has 5 heteroatoms. The Kier molecular flexibility index (Phi) is 2.72. The molecule has 2 heterocycles. The van der Waals surface area contributed by atoms with Crippen LogP contribution in [0.4, 0.5) is 5.69 Å². The van der Waals surface area contributed by atoms with Crippen LogP contribution >= 0.6 is 0 Å². The molecule has 0 bridgehead atoms. The normalized spacial score (nSPS) is 12.0. The first-order chi connectivity index (χ1) is 10.8. The molecule has 0 aliphatic rings. The summed E-state index contributed by atoms with van der Waals surface area (Å²) >= 11 is 0. The number of aromatic nitrogens is 2. The minimum atomic E-state index is 0.0217. The number of nitrogens with one attached hydrogen (secondary N) is 1. The van der Waals surface area contributed by atoms with Gasteiger partial charge in [-0.2, -0.15) is 0 Å². The second-order valence-corrected chi connectivity index (χ2v) is 5.13. The van der Waals surface area contributed by atoms with E-state index in [4.69, 9.17) is 5.73 Å². The number of imidazole rings is 1. The molecule has 0 unspecified atom stereocenters. The van der Waals surface area contributed by atoms with Gasteiger partial charge in [-0.05, 0) is 36.5 Å². The number of para-hydroxylation sites is 1. The molecule has 0 aliphatic carbocycles. The molecule has 2 aromatic heterocycles. The quantitative estimate of drug-likeness (QED) is 0.568. The Balaban J connectivity index is 2.14. The van der Waals surface area contributed by atoms with Gasteiger partial charge in [0.05, 0.1) is 21.9 Å². The summed E-state index contributed by atoms with van der Waals surface area (Å²) in [7, 11) is 0. The van der Waals surface area contributed by atoms with Crippen LogP contribution in [0.15, 0.2) is 59.8 Å². The lowest BCUT2D eigenvalue weighted by molar-refractivity contribution is 1.22. The number of pyridine rings is 1. The summed E-state index contributed by atoms with van der Waals surface area (Å²) in [6, 6.07) is 11.4. The van der Waals surface area contributed by atoms with Crippen LogP contribution < -0.4 is 16.5 Å². The van der Waals surface area contributed by atoms with E-state index in [1.54, 1.807) is 12.4 Å². The fourth-order valence-electron chi connectivity index (χ4n) is 2.91. The minimum Gasteiger partial charge on any atom is -0.405 e. The first-order valence-corrected chi connectivity index (χ1v) is 7.06. The zero-order valence-electron chi connectivity index (χ0n) is 11.8. The van der Waals surface area contributed by atoms with Gasteiger partial charge < -0.3 is 11.1 Å². The van der Waals surface area contributed by atoms with Gasteiger partial charge in [-0.15, -0.1) is 0 Å². The predicted octanol–water partition coefficient (Wildman–Crippen LogP) is 2.32. The van der Waals surface area contributed by atoms with Crippen LogP contribution in [0.1, 0.15) is 0 Å². The van der Waals surface area contributed by atoms with E-state index in [0.717, 1.165) is 22.2 Å². The molecule has 0 aliphatic heterocycles. The van der Waals surface area contributed by atoms with Gasteiger partial charge in [0.1, 0.15) is 6.33 Å². The summed E-state index contributed by atoms with van der Waals surface area (Å²) < 4.78 is 1.98. The maximum Gasteiger partial charge on any atom is 0.199 e. The second-order valence-electron chi connectivity index (χ2n) is 5.13. The summed E-state index contributed by atoms with van der Waals surface area (Å²) in [4.78, 5) is 17.3. The van der Waals surface area contributed by atoms with Crippen molar-refractivity contribution in [2.45, 2.75) is 0 Å². The predicted molar refractivity (Wildman–Crippen MR) is 89.5 cm³/mol. The molecule has 4 aromatic rings. The molecule has 4 rings (SSSR count). The fraction of sp³-hybridized carbons (Fsp3) is 0.0588. The Morgan fingerprint density at radius 2 is 2.09 bits per heavy atom. The number of nitrogens with two attached hydrogens (primary N) is 1. The van der Waals surface area contributed by atoms with Gasteiger partial charge in [0.2, 0.25) is 0 Å². The van der Waals surface area contributed by atoms with E-state index in [-0.39, 0.29) is 5.43 Å².